The number of benzene rings is 2. The van der Waals surface area contributed by atoms with Crippen LogP contribution in [0.4, 0.5) is 0 Å². The molecule has 148 valence electrons. The highest BCUT2D eigenvalue weighted by Crippen LogP contribution is 2.33. The first-order valence-corrected chi connectivity index (χ1v) is 10.6. The maximum absolute atomic E-state index is 5.97. The average Bonchev–Trinajstić information content (AvgIpc) is 3.35. The summed E-state index contributed by atoms with van der Waals surface area (Å²) in [6.45, 7) is 3.38. The van der Waals surface area contributed by atoms with Gasteiger partial charge in [-0.15, -0.1) is 22.0 Å². The van der Waals surface area contributed by atoms with Crippen LogP contribution in [0.25, 0.3) is 22.7 Å². The number of hydrogen-bond acceptors (Lipinski definition) is 6. The van der Waals surface area contributed by atoms with Gasteiger partial charge in [-0.05, 0) is 25.3 Å². The van der Waals surface area contributed by atoms with Crippen LogP contribution in [0.5, 0.6) is 0 Å². The van der Waals surface area contributed by atoms with Crippen LogP contribution < -0.4 is 4.90 Å². The smallest absolute Gasteiger partial charge is 0.271 e. The molecule has 2 aromatic carbocycles. The third-order valence-electron chi connectivity index (χ3n) is 4.71. The first-order chi connectivity index (χ1) is 14.1. The van der Waals surface area contributed by atoms with E-state index in [1.165, 1.54) is 15.4 Å². The Kier molecular flexibility index (Phi) is 5.78. The lowest BCUT2D eigenvalue weighted by atomic mass is 10.1. The quantitative estimate of drug-likeness (QED) is 0.472. The summed E-state index contributed by atoms with van der Waals surface area (Å²) in [7, 11) is 2.12. The fraction of sp³-hybridized carbons (Fsp3) is 0.227. The minimum Gasteiger partial charge on any atom is -0.415 e. The number of hydrogen-bond donors (Lipinski definition) is 1. The van der Waals surface area contributed by atoms with Crippen molar-refractivity contribution in [2.75, 3.05) is 13.3 Å². The molecule has 0 aliphatic carbocycles. The van der Waals surface area contributed by atoms with Crippen LogP contribution >= 0.6 is 11.8 Å². The summed E-state index contributed by atoms with van der Waals surface area (Å²) < 4.78 is 11.4. The largest absolute Gasteiger partial charge is 0.415 e. The molecule has 2 aromatic heterocycles. The normalized spacial score (nSPS) is 12.2. The van der Waals surface area contributed by atoms with Gasteiger partial charge in [-0.3, -0.25) is 0 Å². The minimum absolute atomic E-state index is 0.440. The predicted molar refractivity (Wildman–Crippen MR) is 112 cm³/mol. The monoisotopic (exact) mass is 407 g/mol. The van der Waals surface area contributed by atoms with Crippen molar-refractivity contribution < 1.29 is 13.8 Å². The Labute approximate surface area is 173 Å². The van der Waals surface area contributed by atoms with Crippen LogP contribution in [0.3, 0.4) is 0 Å². The molecule has 0 radical (unpaired) electrons. The van der Waals surface area contributed by atoms with Gasteiger partial charge in [-0.1, -0.05) is 47.6 Å². The molecule has 29 heavy (non-hydrogen) atoms. The third-order valence-corrected chi connectivity index (χ3v) is 5.45. The van der Waals surface area contributed by atoms with E-state index in [2.05, 4.69) is 52.9 Å². The Hall–Kier alpha value is -2.90. The topological polar surface area (TPSA) is 69.4 Å². The van der Waals surface area contributed by atoms with Gasteiger partial charge in [0.1, 0.15) is 23.6 Å². The molecule has 6 nitrogen and oxygen atoms in total. The molecule has 0 fully saturated rings. The Balaban J connectivity index is 1.49. The lowest BCUT2D eigenvalue weighted by Crippen LogP contribution is -3.06. The molecule has 0 aliphatic heterocycles. The number of rotatable bonds is 7. The molecule has 0 aliphatic rings. The summed E-state index contributed by atoms with van der Waals surface area (Å²) >= 11 is 1.75. The maximum Gasteiger partial charge on any atom is 0.271 e. The van der Waals surface area contributed by atoms with E-state index in [0.29, 0.717) is 29.8 Å². The second-order valence-electron chi connectivity index (χ2n) is 6.99. The highest BCUT2D eigenvalue weighted by Gasteiger charge is 2.22. The summed E-state index contributed by atoms with van der Waals surface area (Å²) in [4.78, 5) is 2.54. The Bertz CT molecular complexity index is 1070. The molecular formula is C22H23N4O2S+. The molecule has 7 heteroatoms. The Morgan fingerprint density at radius 2 is 1.72 bits per heavy atom. The van der Waals surface area contributed by atoms with Crippen molar-refractivity contribution in [2.24, 2.45) is 0 Å². The van der Waals surface area contributed by atoms with Gasteiger partial charge in [0.05, 0.1) is 7.05 Å². The zero-order valence-corrected chi connectivity index (χ0v) is 17.5. The lowest BCUT2D eigenvalue weighted by molar-refractivity contribution is -0.909. The van der Waals surface area contributed by atoms with Crippen molar-refractivity contribution in [3.05, 3.63) is 71.8 Å². The standard InChI is InChI=1S/C22H22N4O2S/c1-15-20(21(25-28-15)17-7-5-4-6-8-17)22-24-23-19(27-22)14-26(2)13-16-9-11-18(29-3)12-10-16/h4-12H,13-14H2,1-3H3/p+1. The number of aryl methyl sites for hydroxylation is 1. The van der Waals surface area contributed by atoms with E-state index in [9.17, 15) is 0 Å². The highest BCUT2D eigenvalue weighted by molar-refractivity contribution is 7.98. The van der Waals surface area contributed by atoms with Crippen LogP contribution in [0.1, 0.15) is 17.2 Å². The zero-order chi connectivity index (χ0) is 20.2. The van der Waals surface area contributed by atoms with E-state index >= 15 is 0 Å². The van der Waals surface area contributed by atoms with E-state index in [-0.39, 0.29) is 0 Å². The van der Waals surface area contributed by atoms with Crippen molar-refractivity contribution in [1.29, 1.82) is 0 Å². The van der Waals surface area contributed by atoms with E-state index < -0.39 is 0 Å². The van der Waals surface area contributed by atoms with Gasteiger partial charge in [0.15, 0.2) is 6.54 Å². The van der Waals surface area contributed by atoms with Gasteiger partial charge >= 0.3 is 0 Å². The van der Waals surface area contributed by atoms with Crippen molar-refractivity contribution in [1.82, 2.24) is 15.4 Å². The minimum atomic E-state index is 0.440. The van der Waals surface area contributed by atoms with Crippen LogP contribution in [-0.2, 0) is 13.1 Å². The highest BCUT2D eigenvalue weighted by atomic mass is 32.2. The van der Waals surface area contributed by atoms with Crippen LogP contribution in [-0.4, -0.2) is 28.7 Å². The Morgan fingerprint density at radius 3 is 2.45 bits per heavy atom. The number of nitrogens with one attached hydrogen (secondary N) is 1. The lowest BCUT2D eigenvalue weighted by Gasteiger charge is -2.11. The van der Waals surface area contributed by atoms with E-state index in [0.717, 1.165) is 17.7 Å². The second-order valence-corrected chi connectivity index (χ2v) is 7.87. The van der Waals surface area contributed by atoms with Gasteiger partial charge in [-0.25, -0.2) is 0 Å². The molecule has 0 amide bonds. The van der Waals surface area contributed by atoms with Gasteiger partial charge < -0.3 is 13.8 Å². The summed E-state index contributed by atoms with van der Waals surface area (Å²) in [5, 5.41) is 12.7. The molecule has 1 N–H and O–H groups in total. The van der Waals surface area contributed by atoms with Gasteiger partial charge in [-0.2, -0.15) is 0 Å². The second kappa shape index (κ2) is 8.63. The van der Waals surface area contributed by atoms with Gasteiger partial charge in [0, 0.05) is 16.0 Å². The van der Waals surface area contributed by atoms with Crippen molar-refractivity contribution in [3.8, 4) is 22.7 Å². The summed E-state index contributed by atoms with van der Waals surface area (Å²) in [6, 6.07) is 18.5. The number of quaternary nitrogens is 1. The molecule has 2 heterocycles. The van der Waals surface area contributed by atoms with Crippen LogP contribution in [0.15, 0.2) is 68.4 Å². The van der Waals surface area contributed by atoms with Crippen molar-refractivity contribution in [3.63, 3.8) is 0 Å². The summed E-state index contributed by atoms with van der Waals surface area (Å²) in [6.07, 6.45) is 2.08. The molecule has 4 aromatic rings. The molecule has 4 rings (SSSR count). The van der Waals surface area contributed by atoms with E-state index in [1.54, 1.807) is 11.8 Å². The SMILES string of the molecule is CSc1ccc(C[NH+](C)Cc2nnc(-c3c(-c4ccccc4)noc3C)o2)cc1. The number of thioether (sulfide) groups is 1. The fourth-order valence-corrected chi connectivity index (χ4v) is 3.66. The van der Waals surface area contributed by atoms with Crippen molar-refractivity contribution >= 4 is 11.8 Å². The summed E-state index contributed by atoms with van der Waals surface area (Å²) in [5.74, 6) is 1.70. The van der Waals surface area contributed by atoms with Crippen LogP contribution in [0.2, 0.25) is 0 Å². The maximum atomic E-state index is 5.97. The zero-order valence-electron chi connectivity index (χ0n) is 16.7. The molecule has 0 spiro atoms. The first-order valence-electron chi connectivity index (χ1n) is 9.42. The van der Waals surface area contributed by atoms with E-state index in [4.69, 9.17) is 8.94 Å². The van der Waals surface area contributed by atoms with Crippen molar-refractivity contribution in [2.45, 2.75) is 24.9 Å². The molecule has 0 saturated carbocycles. The van der Waals surface area contributed by atoms with Gasteiger partial charge in [0.25, 0.3) is 11.8 Å². The summed E-state index contributed by atoms with van der Waals surface area (Å²) in [5.41, 5.74) is 3.70. The third kappa shape index (κ3) is 4.41. The Morgan fingerprint density at radius 1 is 0.966 bits per heavy atom. The molecule has 0 saturated heterocycles. The first kappa shape index (κ1) is 19.4. The number of nitrogens with zero attached hydrogens (tertiary/aromatic N) is 3. The molecule has 1 atom stereocenters. The molecule has 0 bridgehead atoms. The van der Waals surface area contributed by atoms with E-state index in [1.807, 2.05) is 37.3 Å². The van der Waals surface area contributed by atoms with Crippen LogP contribution in [0, 0.1) is 6.92 Å². The average molecular weight is 408 g/mol. The molecular weight excluding hydrogens is 384 g/mol. The fourth-order valence-electron chi connectivity index (χ4n) is 3.26. The van der Waals surface area contributed by atoms with Gasteiger partial charge in [0.2, 0.25) is 0 Å². The molecule has 1 unspecified atom stereocenters. The number of aromatic nitrogens is 3. The predicted octanol–water partition coefficient (Wildman–Crippen LogP) is 3.64.